The Labute approximate surface area is 183 Å². The number of hydrogen-bond acceptors (Lipinski definition) is 5. The van der Waals surface area contributed by atoms with Crippen LogP contribution >= 0.6 is 0 Å². The highest BCUT2D eigenvalue weighted by Crippen LogP contribution is 2.19. The zero-order valence-corrected chi connectivity index (χ0v) is 18.3. The third-order valence-corrected chi connectivity index (χ3v) is 5.46. The standard InChI is InChI=1S/C23H30N4O4/c1-17(26(2)16-22(28)24-18-6-10-21(30-3)11-7-18)23(29)25-19-4-8-20(9-5-19)27-12-14-31-15-13-27/h4-11,17H,12-16H2,1-3H3,(H,24,28)(H,25,29)/p+1/t17-/m1/s1. The molecule has 0 saturated carbocycles. The SMILES string of the molecule is COc1ccc(NC(=O)C[NH+](C)[C@H](C)C(=O)Nc2ccc(N3CCOCC3)cc2)cc1. The van der Waals surface area contributed by atoms with Crippen LogP contribution in [0.1, 0.15) is 6.92 Å². The minimum Gasteiger partial charge on any atom is -0.497 e. The zero-order valence-electron chi connectivity index (χ0n) is 18.3. The Hall–Kier alpha value is -3.10. The van der Waals surface area contributed by atoms with Gasteiger partial charge in [0, 0.05) is 30.2 Å². The number of quaternary nitrogens is 1. The smallest absolute Gasteiger partial charge is 0.282 e. The first kappa shape index (κ1) is 22.6. The van der Waals surface area contributed by atoms with Gasteiger partial charge in [0.15, 0.2) is 12.6 Å². The van der Waals surface area contributed by atoms with Crippen LogP contribution in [-0.4, -0.2) is 64.9 Å². The topological polar surface area (TPSA) is 84.3 Å². The second kappa shape index (κ2) is 10.8. The number of morpholine rings is 1. The Morgan fingerprint density at radius 3 is 2.23 bits per heavy atom. The van der Waals surface area contributed by atoms with Crippen LogP contribution in [0.5, 0.6) is 5.75 Å². The second-order valence-corrected chi connectivity index (χ2v) is 7.66. The molecule has 1 heterocycles. The maximum atomic E-state index is 12.6. The molecule has 8 nitrogen and oxygen atoms in total. The van der Waals surface area contributed by atoms with Crippen LogP contribution in [0.3, 0.4) is 0 Å². The number of nitrogens with zero attached hydrogens (tertiary/aromatic N) is 1. The molecule has 1 fully saturated rings. The van der Waals surface area contributed by atoms with Crippen molar-refractivity contribution in [3.05, 3.63) is 48.5 Å². The van der Waals surface area contributed by atoms with Crippen molar-refractivity contribution in [2.24, 2.45) is 0 Å². The van der Waals surface area contributed by atoms with Crippen molar-refractivity contribution < 1.29 is 24.0 Å². The fraction of sp³-hybridized carbons (Fsp3) is 0.391. The van der Waals surface area contributed by atoms with E-state index in [0.717, 1.165) is 48.3 Å². The molecule has 0 spiro atoms. The van der Waals surface area contributed by atoms with Gasteiger partial charge in [-0.15, -0.1) is 0 Å². The van der Waals surface area contributed by atoms with E-state index in [0.29, 0.717) is 5.69 Å². The summed E-state index contributed by atoms with van der Waals surface area (Å²) in [6, 6.07) is 14.6. The molecule has 0 bridgehead atoms. The zero-order chi connectivity index (χ0) is 22.2. The quantitative estimate of drug-likeness (QED) is 0.586. The van der Waals surface area contributed by atoms with Gasteiger partial charge >= 0.3 is 0 Å². The van der Waals surface area contributed by atoms with Crippen molar-refractivity contribution in [3.63, 3.8) is 0 Å². The van der Waals surface area contributed by atoms with Crippen molar-refractivity contribution in [1.82, 2.24) is 0 Å². The molecule has 3 N–H and O–H groups in total. The van der Waals surface area contributed by atoms with Crippen LogP contribution in [0, 0.1) is 0 Å². The number of nitrogens with one attached hydrogen (secondary N) is 3. The van der Waals surface area contributed by atoms with Crippen LogP contribution < -0.4 is 25.2 Å². The van der Waals surface area contributed by atoms with Crippen LogP contribution in [0.4, 0.5) is 17.1 Å². The van der Waals surface area contributed by atoms with Crippen molar-refractivity contribution >= 4 is 28.9 Å². The number of carbonyl (C=O) groups excluding carboxylic acids is 2. The molecular formula is C23H31N4O4+. The highest BCUT2D eigenvalue weighted by Gasteiger charge is 2.24. The first-order chi connectivity index (χ1) is 15.0. The van der Waals surface area contributed by atoms with Gasteiger partial charge in [0.05, 0.1) is 27.4 Å². The van der Waals surface area contributed by atoms with Gasteiger partial charge in [0.2, 0.25) is 0 Å². The molecular weight excluding hydrogens is 396 g/mol. The number of methoxy groups -OCH3 is 1. The van der Waals surface area contributed by atoms with Crippen LogP contribution in [0.2, 0.25) is 0 Å². The monoisotopic (exact) mass is 427 g/mol. The van der Waals surface area contributed by atoms with Crippen LogP contribution in [-0.2, 0) is 14.3 Å². The van der Waals surface area contributed by atoms with E-state index in [2.05, 4.69) is 15.5 Å². The molecule has 0 aromatic heterocycles. The third-order valence-electron chi connectivity index (χ3n) is 5.46. The van der Waals surface area contributed by atoms with Gasteiger partial charge in [-0.1, -0.05) is 0 Å². The molecule has 0 aliphatic carbocycles. The second-order valence-electron chi connectivity index (χ2n) is 7.66. The molecule has 0 radical (unpaired) electrons. The molecule has 2 aromatic carbocycles. The number of ether oxygens (including phenoxy) is 2. The Balaban J connectivity index is 1.48. The predicted octanol–water partition coefficient (Wildman–Crippen LogP) is 1.01. The van der Waals surface area contributed by atoms with Gasteiger partial charge in [-0.25, -0.2) is 0 Å². The molecule has 2 amide bonds. The van der Waals surface area contributed by atoms with E-state index in [-0.39, 0.29) is 24.4 Å². The van der Waals surface area contributed by atoms with Gasteiger partial charge < -0.3 is 29.9 Å². The molecule has 1 aliphatic heterocycles. The fourth-order valence-corrected chi connectivity index (χ4v) is 3.34. The Bertz CT molecular complexity index is 864. The molecule has 1 unspecified atom stereocenters. The maximum Gasteiger partial charge on any atom is 0.282 e. The first-order valence-electron chi connectivity index (χ1n) is 10.5. The Morgan fingerprint density at radius 1 is 1.03 bits per heavy atom. The molecule has 31 heavy (non-hydrogen) atoms. The van der Waals surface area contributed by atoms with Crippen molar-refractivity contribution in [3.8, 4) is 5.75 Å². The largest absolute Gasteiger partial charge is 0.497 e. The minimum atomic E-state index is -0.388. The lowest BCUT2D eigenvalue weighted by Gasteiger charge is -2.29. The molecule has 3 rings (SSSR count). The Kier molecular flexibility index (Phi) is 7.86. The average Bonchev–Trinajstić information content (AvgIpc) is 2.80. The van der Waals surface area contributed by atoms with Gasteiger partial charge in [0.1, 0.15) is 5.75 Å². The van der Waals surface area contributed by atoms with E-state index < -0.39 is 0 Å². The first-order valence-corrected chi connectivity index (χ1v) is 10.5. The number of carbonyl (C=O) groups is 2. The number of likely N-dealkylation sites (N-methyl/N-ethyl adjacent to an activating group) is 1. The molecule has 2 aromatic rings. The number of anilines is 3. The van der Waals surface area contributed by atoms with E-state index in [1.807, 2.05) is 38.2 Å². The van der Waals surface area contributed by atoms with Gasteiger partial charge in [-0.2, -0.15) is 0 Å². The lowest BCUT2D eigenvalue weighted by molar-refractivity contribution is -0.885. The van der Waals surface area contributed by atoms with Crippen molar-refractivity contribution in [2.75, 3.05) is 62.5 Å². The number of rotatable bonds is 8. The summed E-state index contributed by atoms with van der Waals surface area (Å²) in [5.74, 6) is 0.440. The fourth-order valence-electron chi connectivity index (χ4n) is 3.34. The lowest BCUT2D eigenvalue weighted by Crippen LogP contribution is -3.14. The number of hydrogen-bond donors (Lipinski definition) is 3. The normalized spacial score (nSPS) is 15.6. The molecule has 1 aliphatic rings. The molecule has 166 valence electrons. The van der Waals surface area contributed by atoms with Crippen LogP contribution in [0.25, 0.3) is 0 Å². The molecule has 8 heteroatoms. The van der Waals surface area contributed by atoms with E-state index in [4.69, 9.17) is 9.47 Å². The molecule has 1 saturated heterocycles. The van der Waals surface area contributed by atoms with Gasteiger partial charge in [0.25, 0.3) is 11.8 Å². The summed E-state index contributed by atoms with van der Waals surface area (Å²) < 4.78 is 10.5. The summed E-state index contributed by atoms with van der Waals surface area (Å²) in [5.41, 5.74) is 2.55. The molecule has 2 atom stereocenters. The van der Waals surface area contributed by atoms with Gasteiger partial charge in [-0.05, 0) is 55.5 Å². The summed E-state index contributed by atoms with van der Waals surface area (Å²) in [6.45, 7) is 5.20. The number of benzene rings is 2. The maximum absolute atomic E-state index is 12.6. The van der Waals surface area contributed by atoms with Gasteiger partial charge in [-0.3, -0.25) is 9.59 Å². The Morgan fingerprint density at radius 2 is 1.61 bits per heavy atom. The third kappa shape index (κ3) is 6.44. The summed E-state index contributed by atoms with van der Waals surface area (Å²) in [5, 5.41) is 5.78. The average molecular weight is 428 g/mol. The van der Waals surface area contributed by atoms with E-state index in [1.165, 1.54) is 0 Å². The summed E-state index contributed by atoms with van der Waals surface area (Å²) in [4.78, 5) is 28.0. The van der Waals surface area contributed by atoms with Crippen LogP contribution in [0.15, 0.2) is 48.5 Å². The highest BCUT2D eigenvalue weighted by atomic mass is 16.5. The van der Waals surface area contributed by atoms with Crippen molar-refractivity contribution in [1.29, 1.82) is 0 Å². The summed E-state index contributed by atoms with van der Waals surface area (Å²) in [6.07, 6.45) is 0. The minimum absolute atomic E-state index is 0.131. The van der Waals surface area contributed by atoms with E-state index in [1.54, 1.807) is 31.4 Å². The van der Waals surface area contributed by atoms with Crippen molar-refractivity contribution in [2.45, 2.75) is 13.0 Å². The summed E-state index contributed by atoms with van der Waals surface area (Å²) >= 11 is 0. The van der Waals surface area contributed by atoms with E-state index >= 15 is 0 Å². The summed E-state index contributed by atoms with van der Waals surface area (Å²) in [7, 11) is 3.43. The highest BCUT2D eigenvalue weighted by molar-refractivity contribution is 5.94. The number of amides is 2. The predicted molar refractivity (Wildman–Crippen MR) is 121 cm³/mol. The lowest BCUT2D eigenvalue weighted by atomic mass is 10.2. The van der Waals surface area contributed by atoms with E-state index in [9.17, 15) is 9.59 Å².